The van der Waals surface area contributed by atoms with E-state index in [2.05, 4.69) is 6.92 Å². The molecule has 1 aliphatic carbocycles. The van der Waals surface area contributed by atoms with Crippen molar-refractivity contribution in [2.24, 2.45) is 11.3 Å². The molecule has 0 aromatic heterocycles. The number of hydrogen-bond donors (Lipinski definition) is 0. The van der Waals surface area contributed by atoms with Crippen LogP contribution in [0.25, 0.3) is 0 Å². The van der Waals surface area contributed by atoms with E-state index in [4.69, 9.17) is 0 Å². The molecule has 74 valence electrons. The first-order valence-electron chi connectivity index (χ1n) is 4.99. The first kappa shape index (κ1) is 10.4. The Morgan fingerprint density at radius 1 is 1.62 bits per heavy atom. The Morgan fingerprint density at radius 2 is 2.23 bits per heavy atom. The fraction of sp³-hybridized carbons (Fsp3) is 0.818. The zero-order chi connectivity index (χ0) is 10.1. The van der Waals surface area contributed by atoms with Crippen LogP contribution in [0.15, 0.2) is 0 Å². The van der Waals surface area contributed by atoms with Crippen LogP contribution in [-0.2, 0) is 9.59 Å². The molecule has 0 radical (unpaired) electrons. The van der Waals surface area contributed by atoms with Gasteiger partial charge in [-0.3, -0.25) is 9.59 Å². The molecule has 1 fully saturated rings. The maximum atomic E-state index is 11.7. The maximum Gasteiger partial charge on any atom is 0.139 e. The zero-order valence-corrected chi connectivity index (χ0v) is 8.72. The van der Waals surface area contributed by atoms with Crippen LogP contribution in [-0.4, -0.2) is 11.6 Å². The van der Waals surface area contributed by atoms with Crippen molar-refractivity contribution in [2.75, 3.05) is 0 Å². The van der Waals surface area contributed by atoms with Crippen molar-refractivity contribution in [3.63, 3.8) is 0 Å². The van der Waals surface area contributed by atoms with Crippen LogP contribution >= 0.6 is 0 Å². The summed E-state index contributed by atoms with van der Waals surface area (Å²) < 4.78 is 0. The second-order valence-corrected chi connectivity index (χ2v) is 4.51. The van der Waals surface area contributed by atoms with Gasteiger partial charge in [-0.1, -0.05) is 13.8 Å². The van der Waals surface area contributed by atoms with E-state index in [0.717, 1.165) is 12.8 Å². The van der Waals surface area contributed by atoms with E-state index in [9.17, 15) is 9.59 Å². The van der Waals surface area contributed by atoms with Crippen molar-refractivity contribution in [1.29, 1.82) is 0 Å². The molecule has 2 unspecified atom stereocenters. The highest BCUT2D eigenvalue weighted by molar-refractivity contribution is 5.90. The van der Waals surface area contributed by atoms with E-state index in [1.165, 1.54) is 0 Å². The van der Waals surface area contributed by atoms with Gasteiger partial charge in [-0.05, 0) is 25.7 Å². The lowest BCUT2D eigenvalue weighted by atomic mass is 9.65. The molecular weight excluding hydrogens is 164 g/mol. The zero-order valence-electron chi connectivity index (χ0n) is 8.72. The SMILES string of the molecule is CC(=O)CC1(C)C(=O)CCCC1C. The molecule has 2 nitrogen and oxygen atoms in total. The molecule has 0 bridgehead atoms. The molecular formula is C11H18O2. The summed E-state index contributed by atoms with van der Waals surface area (Å²) in [6, 6.07) is 0. The summed E-state index contributed by atoms with van der Waals surface area (Å²) in [6.45, 7) is 5.60. The predicted molar refractivity (Wildman–Crippen MR) is 51.4 cm³/mol. The predicted octanol–water partition coefficient (Wildman–Crippen LogP) is 2.36. The molecule has 0 saturated heterocycles. The molecule has 2 atom stereocenters. The van der Waals surface area contributed by atoms with E-state index in [1.54, 1.807) is 6.92 Å². The Morgan fingerprint density at radius 3 is 2.69 bits per heavy atom. The Labute approximate surface area is 79.7 Å². The monoisotopic (exact) mass is 182 g/mol. The van der Waals surface area contributed by atoms with Gasteiger partial charge < -0.3 is 0 Å². The van der Waals surface area contributed by atoms with Crippen LogP contribution in [0.4, 0.5) is 0 Å². The number of rotatable bonds is 2. The second kappa shape index (κ2) is 3.60. The summed E-state index contributed by atoms with van der Waals surface area (Å²) in [6.07, 6.45) is 3.16. The smallest absolute Gasteiger partial charge is 0.139 e. The summed E-state index contributed by atoms with van der Waals surface area (Å²) in [5.74, 6) is 0.767. The van der Waals surface area contributed by atoms with Gasteiger partial charge in [-0.25, -0.2) is 0 Å². The Hall–Kier alpha value is -0.660. The molecule has 0 aromatic rings. The van der Waals surface area contributed by atoms with Crippen LogP contribution in [0, 0.1) is 11.3 Å². The first-order valence-corrected chi connectivity index (χ1v) is 4.99. The summed E-state index contributed by atoms with van der Waals surface area (Å²) in [4.78, 5) is 22.8. The van der Waals surface area contributed by atoms with Gasteiger partial charge in [-0.15, -0.1) is 0 Å². The lowest BCUT2D eigenvalue weighted by molar-refractivity contribution is -0.138. The summed E-state index contributed by atoms with van der Waals surface area (Å²) in [5, 5.41) is 0. The average Bonchev–Trinajstić information content (AvgIpc) is 1.99. The van der Waals surface area contributed by atoms with Crippen LogP contribution in [0.1, 0.15) is 46.5 Å². The molecule has 13 heavy (non-hydrogen) atoms. The first-order chi connectivity index (χ1) is 5.97. The molecule has 0 amide bonds. The molecule has 0 spiro atoms. The molecule has 0 aliphatic heterocycles. The quantitative estimate of drug-likeness (QED) is 0.657. The average molecular weight is 182 g/mol. The van der Waals surface area contributed by atoms with Crippen LogP contribution in [0.5, 0.6) is 0 Å². The van der Waals surface area contributed by atoms with Crippen molar-refractivity contribution in [3.8, 4) is 0 Å². The second-order valence-electron chi connectivity index (χ2n) is 4.51. The third kappa shape index (κ3) is 1.98. The largest absolute Gasteiger partial charge is 0.300 e. The van der Waals surface area contributed by atoms with Gasteiger partial charge in [0.25, 0.3) is 0 Å². The molecule has 1 saturated carbocycles. The maximum absolute atomic E-state index is 11.7. The van der Waals surface area contributed by atoms with Gasteiger partial charge in [-0.2, -0.15) is 0 Å². The molecule has 0 N–H and O–H groups in total. The van der Waals surface area contributed by atoms with Gasteiger partial charge in [0, 0.05) is 18.3 Å². The Bertz CT molecular complexity index is 232. The van der Waals surface area contributed by atoms with Crippen LogP contribution < -0.4 is 0 Å². The van der Waals surface area contributed by atoms with Gasteiger partial charge in [0.15, 0.2) is 0 Å². The van der Waals surface area contributed by atoms with E-state index in [0.29, 0.717) is 18.8 Å². The van der Waals surface area contributed by atoms with E-state index in [1.807, 2.05) is 6.92 Å². The highest BCUT2D eigenvalue weighted by atomic mass is 16.1. The van der Waals surface area contributed by atoms with E-state index < -0.39 is 0 Å². The lowest BCUT2D eigenvalue weighted by Crippen LogP contribution is -2.39. The normalized spacial score (nSPS) is 34.7. The highest BCUT2D eigenvalue weighted by Gasteiger charge is 2.41. The summed E-state index contributed by atoms with van der Waals surface area (Å²) in [7, 11) is 0. The van der Waals surface area contributed by atoms with E-state index in [-0.39, 0.29) is 17.0 Å². The van der Waals surface area contributed by atoms with Crippen molar-refractivity contribution in [1.82, 2.24) is 0 Å². The number of ketones is 2. The van der Waals surface area contributed by atoms with Crippen LogP contribution in [0.2, 0.25) is 0 Å². The number of hydrogen-bond acceptors (Lipinski definition) is 2. The number of carbonyl (C=O) groups is 2. The fourth-order valence-corrected chi connectivity index (χ4v) is 2.24. The summed E-state index contributed by atoms with van der Waals surface area (Å²) in [5.41, 5.74) is -0.371. The van der Waals surface area contributed by atoms with Crippen molar-refractivity contribution >= 4 is 11.6 Å². The Kier molecular flexibility index (Phi) is 2.89. The van der Waals surface area contributed by atoms with Crippen molar-refractivity contribution in [3.05, 3.63) is 0 Å². The molecule has 1 rings (SSSR count). The third-order valence-corrected chi connectivity index (χ3v) is 3.38. The topological polar surface area (TPSA) is 34.1 Å². The fourth-order valence-electron chi connectivity index (χ4n) is 2.24. The van der Waals surface area contributed by atoms with Gasteiger partial charge >= 0.3 is 0 Å². The Balaban J connectivity index is 2.81. The molecule has 0 aromatic carbocycles. The minimum Gasteiger partial charge on any atom is -0.300 e. The molecule has 1 aliphatic rings. The standard InChI is InChI=1S/C11H18O2/c1-8-5-4-6-10(13)11(8,3)7-9(2)12/h8H,4-7H2,1-3H3. The third-order valence-electron chi connectivity index (χ3n) is 3.38. The van der Waals surface area contributed by atoms with E-state index >= 15 is 0 Å². The lowest BCUT2D eigenvalue weighted by Gasteiger charge is -2.37. The van der Waals surface area contributed by atoms with Gasteiger partial charge in [0.05, 0.1) is 0 Å². The van der Waals surface area contributed by atoms with Crippen LogP contribution in [0.3, 0.4) is 0 Å². The van der Waals surface area contributed by atoms with Crippen molar-refractivity contribution < 1.29 is 9.59 Å². The van der Waals surface area contributed by atoms with Gasteiger partial charge in [0.1, 0.15) is 11.6 Å². The summed E-state index contributed by atoms with van der Waals surface area (Å²) >= 11 is 0. The highest BCUT2D eigenvalue weighted by Crippen LogP contribution is 2.40. The van der Waals surface area contributed by atoms with Gasteiger partial charge in [0.2, 0.25) is 0 Å². The minimum atomic E-state index is -0.371. The van der Waals surface area contributed by atoms with Crippen molar-refractivity contribution in [2.45, 2.75) is 46.5 Å². The number of Topliss-reactive ketones (excluding diaryl/α,β-unsaturated/α-hetero) is 2. The molecule has 0 heterocycles. The number of carbonyl (C=O) groups excluding carboxylic acids is 2. The minimum absolute atomic E-state index is 0.129. The molecule has 2 heteroatoms.